The number of nitrogens with zero attached hydrogens (tertiary/aromatic N) is 2. The summed E-state index contributed by atoms with van der Waals surface area (Å²) in [6, 6.07) is 0.490. The van der Waals surface area contributed by atoms with E-state index in [0.29, 0.717) is 6.04 Å². The second kappa shape index (κ2) is 8.03. The number of rotatable bonds is 7. The molecule has 0 aromatic carbocycles. The number of hydrogen-bond donors (Lipinski definition) is 1. The Morgan fingerprint density at radius 1 is 1.41 bits per heavy atom. The van der Waals surface area contributed by atoms with Gasteiger partial charge in [-0.05, 0) is 53.0 Å². The molecule has 0 saturated carbocycles. The summed E-state index contributed by atoms with van der Waals surface area (Å²) in [6.07, 6.45) is 2.67. The van der Waals surface area contributed by atoms with E-state index in [1.54, 1.807) is 7.11 Å². The van der Waals surface area contributed by atoms with Crippen LogP contribution in [0.3, 0.4) is 0 Å². The maximum absolute atomic E-state index is 5.29. The first-order chi connectivity index (χ1) is 8.17. The standard InChI is InChI=1S/C13H29N3O/c1-14-9-13(11-17-4)16(3)10-12-5-7-15(2)8-6-12/h12-14H,5-11H2,1-4H3. The molecule has 0 aromatic heterocycles. The minimum atomic E-state index is 0.490. The largest absolute Gasteiger partial charge is 0.383 e. The van der Waals surface area contributed by atoms with Gasteiger partial charge in [-0.25, -0.2) is 0 Å². The quantitative estimate of drug-likeness (QED) is 0.704. The number of methoxy groups -OCH3 is 1. The van der Waals surface area contributed by atoms with Gasteiger partial charge in [0.05, 0.1) is 6.61 Å². The molecule has 4 heteroatoms. The Morgan fingerprint density at radius 2 is 2.06 bits per heavy atom. The van der Waals surface area contributed by atoms with Crippen LogP contribution in [0.25, 0.3) is 0 Å². The Kier molecular flexibility index (Phi) is 7.04. The molecule has 4 nitrogen and oxygen atoms in total. The molecule has 1 rings (SSSR count). The average molecular weight is 243 g/mol. The second-order valence-electron chi connectivity index (χ2n) is 5.35. The maximum Gasteiger partial charge on any atom is 0.0630 e. The van der Waals surface area contributed by atoms with Crippen LogP contribution >= 0.6 is 0 Å². The van der Waals surface area contributed by atoms with Gasteiger partial charge in [-0.1, -0.05) is 0 Å². The van der Waals surface area contributed by atoms with Gasteiger partial charge in [0.2, 0.25) is 0 Å². The third-order valence-electron chi connectivity index (χ3n) is 3.81. The topological polar surface area (TPSA) is 27.7 Å². The fourth-order valence-corrected chi connectivity index (χ4v) is 2.57. The van der Waals surface area contributed by atoms with Crippen molar-refractivity contribution in [2.24, 2.45) is 5.92 Å². The highest BCUT2D eigenvalue weighted by Crippen LogP contribution is 2.17. The van der Waals surface area contributed by atoms with Gasteiger partial charge < -0.3 is 15.0 Å². The molecule has 0 radical (unpaired) electrons. The lowest BCUT2D eigenvalue weighted by Gasteiger charge is -2.34. The van der Waals surface area contributed by atoms with Crippen LogP contribution < -0.4 is 5.32 Å². The number of ether oxygens (including phenoxy) is 1. The summed E-state index contributed by atoms with van der Waals surface area (Å²) < 4.78 is 5.29. The van der Waals surface area contributed by atoms with Gasteiger partial charge in [-0.15, -0.1) is 0 Å². The first-order valence-corrected chi connectivity index (χ1v) is 6.69. The molecule has 1 fully saturated rings. The first kappa shape index (κ1) is 14.9. The Balaban J connectivity index is 2.32. The second-order valence-corrected chi connectivity index (χ2v) is 5.35. The fourth-order valence-electron chi connectivity index (χ4n) is 2.57. The molecule has 1 unspecified atom stereocenters. The maximum atomic E-state index is 5.29. The van der Waals surface area contributed by atoms with E-state index >= 15 is 0 Å². The Labute approximate surface area is 106 Å². The summed E-state index contributed by atoms with van der Waals surface area (Å²) >= 11 is 0. The van der Waals surface area contributed by atoms with Crippen LogP contribution in [-0.2, 0) is 4.74 Å². The zero-order valence-corrected chi connectivity index (χ0v) is 11.9. The van der Waals surface area contributed by atoms with Crippen LogP contribution in [0, 0.1) is 5.92 Å². The van der Waals surface area contributed by atoms with Crippen LogP contribution in [0.4, 0.5) is 0 Å². The molecule has 1 saturated heterocycles. The molecular formula is C13H29N3O. The van der Waals surface area contributed by atoms with Gasteiger partial charge in [0, 0.05) is 26.2 Å². The highest BCUT2D eigenvalue weighted by Gasteiger charge is 2.21. The molecule has 0 amide bonds. The Bertz CT molecular complexity index is 187. The summed E-state index contributed by atoms with van der Waals surface area (Å²) in [4.78, 5) is 4.88. The van der Waals surface area contributed by atoms with Gasteiger partial charge in [0.1, 0.15) is 0 Å². The monoisotopic (exact) mass is 243 g/mol. The highest BCUT2D eigenvalue weighted by molar-refractivity contribution is 4.77. The minimum absolute atomic E-state index is 0.490. The molecule has 1 heterocycles. The molecular weight excluding hydrogens is 214 g/mol. The van der Waals surface area contributed by atoms with Gasteiger partial charge in [0.15, 0.2) is 0 Å². The third kappa shape index (κ3) is 5.34. The van der Waals surface area contributed by atoms with Gasteiger partial charge in [-0.3, -0.25) is 4.90 Å². The van der Waals surface area contributed by atoms with Crippen molar-refractivity contribution in [1.82, 2.24) is 15.1 Å². The Hall–Kier alpha value is -0.160. The van der Waals surface area contributed by atoms with Crippen molar-refractivity contribution < 1.29 is 4.74 Å². The van der Waals surface area contributed by atoms with E-state index < -0.39 is 0 Å². The van der Waals surface area contributed by atoms with Crippen LogP contribution in [0.2, 0.25) is 0 Å². The number of nitrogens with one attached hydrogen (secondary N) is 1. The van der Waals surface area contributed by atoms with E-state index in [1.165, 1.54) is 32.5 Å². The summed E-state index contributed by atoms with van der Waals surface area (Å²) in [7, 11) is 8.23. The lowest BCUT2D eigenvalue weighted by atomic mass is 9.96. The molecule has 1 aliphatic rings. The van der Waals surface area contributed by atoms with E-state index in [2.05, 4.69) is 29.2 Å². The van der Waals surface area contributed by atoms with Crippen molar-refractivity contribution >= 4 is 0 Å². The molecule has 1 aliphatic heterocycles. The van der Waals surface area contributed by atoms with Crippen LogP contribution in [-0.4, -0.2) is 76.9 Å². The highest BCUT2D eigenvalue weighted by atomic mass is 16.5. The van der Waals surface area contributed by atoms with E-state index in [1.807, 2.05) is 7.05 Å². The summed E-state index contributed by atoms with van der Waals surface area (Å²) in [5.41, 5.74) is 0. The lowest BCUT2D eigenvalue weighted by Crippen LogP contribution is -2.45. The average Bonchev–Trinajstić information content (AvgIpc) is 2.32. The fraction of sp³-hybridized carbons (Fsp3) is 1.00. The normalized spacial score (nSPS) is 21.0. The molecule has 0 aromatic rings. The molecule has 17 heavy (non-hydrogen) atoms. The summed E-state index contributed by atoms with van der Waals surface area (Å²) in [5, 5.41) is 3.25. The predicted molar refractivity (Wildman–Crippen MR) is 72.4 cm³/mol. The smallest absolute Gasteiger partial charge is 0.0630 e. The summed E-state index contributed by atoms with van der Waals surface area (Å²) in [5.74, 6) is 0.854. The van der Waals surface area contributed by atoms with E-state index in [4.69, 9.17) is 4.74 Å². The predicted octanol–water partition coefficient (Wildman–Crippen LogP) is 0.494. The van der Waals surface area contributed by atoms with Crippen LogP contribution in [0.15, 0.2) is 0 Å². The van der Waals surface area contributed by atoms with Crippen molar-refractivity contribution in [2.45, 2.75) is 18.9 Å². The van der Waals surface area contributed by atoms with Gasteiger partial charge in [-0.2, -0.15) is 0 Å². The number of piperidine rings is 1. The number of hydrogen-bond acceptors (Lipinski definition) is 4. The van der Waals surface area contributed by atoms with Crippen molar-refractivity contribution in [3.8, 4) is 0 Å². The van der Waals surface area contributed by atoms with E-state index in [9.17, 15) is 0 Å². The van der Waals surface area contributed by atoms with Crippen molar-refractivity contribution in [3.63, 3.8) is 0 Å². The molecule has 1 N–H and O–H groups in total. The molecule has 102 valence electrons. The van der Waals surface area contributed by atoms with Gasteiger partial charge in [0.25, 0.3) is 0 Å². The first-order valence-electron chi connectivity index (χ1n) is 6.69. The molecule has 0 bridgehead atoms. The Morgan fingerprint density at radius 3 is 2.59 bits per heavy atom. The van der Waals surface area contributed by atoms with Crippen LogP contribution in [0.1, 0.15) is 12.8 Å². The van der Waals surface area contributed by atoms with Crippen LogP contribution in [0.5, 0.6) is 0 Å². The van der Waals surface area contributed by atoms with Crippen molar-refractivity contribution in [2.75, 3.05) is 61.0 Å². The molecule has 0 aliphatic carbocycles. The molecule has 1 atom stereocenters. The minimum Gasteiger partial charge on any atom is -0.383 e. The summed E-state index contributed by atoms with van der Waals surface area (Å²) in [6.45, 7) is 5.50. The lowest BCUT2D eigenvalue weighted by molar-refractivity contribution is 0.0854. The van der Waals surface area contributed by atoms with Gasteiger partial charge >= 0.3 is 0 Å². The van der Waals surface area contributed by atoms with Crippen molar-refractivity contribution in [1.29, 1.82) is 0 Å². The number of likely N-dealkylation sites (N-methyl/N-ethyl adjacent to an activating group) is 2. The van der Waals surface area contributed by atoms with E-state index in [0.717, 1.165) is 19.1 Å². The third-order valence-corrected chi connectivity index (χ3v) is 3.81. The SMILES string of the molecule is CNCC(COC)N(C)CC1CCN(C)CC1. The molecule has 0 spiro atoms. The zero-order chi connectivity index (χ0) is 12.7. The zero-order valence-electron chi connectivity index (χ0n) is 11.9. The van der Waals surface area contributed by atoms with Crippen molar-refractivity contribution in [3.05, 3.63) is 0 Å². The van der Waals surface area contributed by atoms with E-state index in [-0.39, 0.29) is 0 Å². The number of likely N-dealkylation sites (tertiary alicyclic amines) is 1.